The van der Waals surface area contributed by atoms with E-state index in [-0.39, 0.29) is 17.0 Å². The SMILES string of the molecule is NC(=O)c1cc([C@@H](O)CO)cc(-c2ccc(Oc3ccc(OC(F)(F)F)cc3)cc2)n1. The first-order valence-corrected chi connectivity index (χ1v) is 8.89. The first kappa shape index (κ1) is 22.1. The van der Waals surface area contributed by atoms with Crippen molar-refractivity contribution in [2.45, 2.75) is 12.5 Å². The molecule has 1 amide bonds. The van der Waals surface area contributed by atoms with Crippen molar-refractivity contribution in [2.24, 2.45) is 5.73 Å². The second-order valence-electron chi connectivity index (χ2n) is 6.38. The Bertz CT molecular complexity index is 1050. The lowest BCUT2D eigenvalue weighted by Crippen LogP contribution is -2.16. The Kier molecular flexibility index (Phi) is 6.42. The summed E-state index contributed by atoms with van der Waals surface area (Å²) in [6.45, 7) is -0.540. The minimum atomic E-state index is -4.77. The van der Waals surface area contributed by atoms with Crippen LogP contribution in [-0.2, 0) is 0 Å². The van der Waals surface area contributed by atoms with Crippen LogP contribution in [0.15, 0.2) is 60.7 Å². The number of aliphatic hydroxyl groups excluding tert-OH is 2. The van der Waals surface area contributed by atoms with Crippen LogP contribution in [-0.4, -0.2) is 34.1 Å². The maximum atomic E-state index is 12.2. The molecule has 0 aliphatic heterocycles. The molecule has 0 aliphatic carbocycles. The van der Waals surface area contributed by atoms with E-state index in [0.29, 0.717) is 22.8 Å². The van der Waals surface area contributed by atoms with Crippen LogP contribution in [0.2, 0.25) is 0 Å². The molecule has 0 spiro atoms. The van der Waals surface area contributed by atoms with Gasteiger partial charge in [0.2, 0.25) is 0 Å². The van der Waals surface area contributed by atoms with Crippen LogP contribution in [0.4, 0.5) is 13.2 Å². The topological polar surface area (TPSA) is 115 Å². The Morgan fingerprint density at radius 1 is 1.00 bits per heavy atom. The predicted molar refractivity (Wildman–Crippen MR) is 103 cm³/mol. The molecule has 0 fully saturated rings. The van der Waals surface area contributed by atoms with E-state index in [2.05, 4.69) is 9.72 Å². The number of ether oxygens (including phenoxy) is 2. The number of aromatic nitrogens is 1. The van der Waals surface area contributed by atoms with Gasteiger partial charge in [-0.25, -0.2) is 4.98 Å². The lowest BCUT2D eigenvalue weighted by molar-refractivity contribution is -0.274. The molecule has 0 bridgehead atoms. The van der Waals surface area contributed by atoms with Crippen molar-refractivity contribution in [3.63, 3.8) is 0 Å². The molecule has 3 aromatic rings. The number of carbonyl (C=O) groups excluding carboxylic acids is 1. The Hall–Kier alpha value is -3.63. The van der Waals surface area contributed by atoms with Gasteiger partial charge in [-0.05, 0) is 66.2 Å². The van der Waals surface area contributed by atoms with Crippen molar-refractivity contribution < 1.29 is 37.7 Å². The van der Waals surface area contributed by atoms with Gasteiger partial charge in [-0.3, -0.25) is 4.79 Å². The molecule has 3 rings (SSSR count). The van der Waals surface area contributed by atoms with Crippen molar-refractivity contribution >= 4 is 5.91 Å². The van der Waals surface area contributed by atoms with Crippen LogP contribution in [0.25, 0.3) is 11.3 Å². The molecule has 1 heterocycles. The third-order valence-electron chi connectivity index (χ3n) is 4.10. The number of carbonyl (C=O) groups is 1. The van der Waals surface area contributed by atoms with Crippen LogP contribution in [0.3, 0.4) is 0 Å². The number of hydrogen-bond donors (Lipinski definition) is 3. The molecule has 0 aliphatic rings. The Labute approximate surface area is 174 Å². The molecule has 162 valence electrons. The van der Waals surface area contributed by atoms with E-state index in [9.17, 15) is 23.1 Å². The zero-order valence-electron chi connectivity index (χ0n) is 15.8. The summed E-state index contributed by atoms with van der Waals surface area (Å²) in [6.07, 6.45) is -5.97. The van der Waals surface area contributed by atoms with E-state index in [0.717, 1.165) is 12.1 Å². The second-order valence-corrected chi connectivity index (χ2v) is 6.38. The minimum absolute atomic E-state index is 0.0681. The van der Waals surface area contributed by atoms with E-state index in [4.69, 9.17) is 15.6 Å². The molecule has 2 aromatic carbocycles. The number of hydrogen-bond acceptors (Lipinski definition) is 6. The van der Waals surface area contributed by atoms with Gasteiger partial charge in [0.1, 0.15) is 29.0 Å². The fourth-order valence-corrected chi connectivity index (χ4v) is 2.66. The highest BCUT2D eigenvalue weighted by Gasteiger charge is 2.31. The zero-order chi connectivity index (χ0) is 22.6. The maximum absolute atomic E-state index is 12.2. The summed E-state index contributed by atoms with van der Waals surface area (Å²) < 4.78 is 46.0. The lowest BCUT2D eigenvalue weighted by atomic mass is 10.0. The van der Waals surface area contributed by atoms with Crippen molar-refractivity contribution in [1.82, 2.24) is 4.98 Å². The molecule has 0 saturated carbocycles. The van der Waals surface area contributed by atoms with Crippen LogP contribution >= 0.6 is 0 Å². The summed E-state index contributed by atoms with van der Waals surface area (Å²) in [4.78, 5) is 15.7. The number of amides is 1. The van der Waals surface area contributed by atoms with Gasteiger partial charge < -0.3 is 25.4 Å². The third kappa shape index (κ3) is 5.93. The number of nitrogens with zero attached hydrogens (tertiary/aromatic N) is 1. The van der Waals surface area contributed by atoms with Gasteiger partial charge in [0.05, 0.1) is 12.3 Å². The van der Waals surface area contributed by atoms with Gasteiger partial charge >= 0.3 is 6.36 Å². The normalized spacial score (nSPS) is 12.3. The van der Waals surface area contributed by atoms with Gasteiger partial charge in [0, 0.05) is 5.56 Å². The number of rotatable bonds is 7. The van der Waals surface area contributed by atoms with Crippen molar-refractivity contribution in [2.75, 3.05) is 6.61 Å². The molecule has 1 atom stereocenters. The van der Waals surface area contributed by atoms with Gasteiger partial charge in [0.25, 0.3) is 5.91 Å². The number of aliphatic hydroxyl groups is 2. The smallest absolute Gasteiger partial charge is 0.457 e. The highest BCUT2D eigenvalue weighted by molar-refractivity contribution is 5.91. The van der Waals surface area contributed by atoms with Gasteiger partial charge in [-0.2, -0.15) is 0 Å². The minimum Gasteiger partial charge on any atom is -0.457 e. The van der Waals surface area contributed by atoms with Crippen LogP contribution in [0, 0.1) is 0 Å². The van der Waals surface area contributed by atoms with E-state index < -0.39 is 25.0 Å². The molecule has 0 unspecified atom stereocenters. The van der Waals surface area contributed by atoms with E-state index in [1.807, 2.05) is 0 Å². The molecule has 0 saturated heterocycles. The number of primary amides is 1. The third-order valence-corrected chi connectivity index (χ3v) is 4.10. The molecular formula is C21H17F3N2O5. The first-order chi connectivity index (χ1) is 14.6. The molecule has 10 heteroatoms. The number of nitrogens with two attached hydrogens (primary N) is 1. The number of halogens is 3. The average molecular weight is 434 g/mol. The van der Waals surface area contributed by atoms with Crippen molar-refractivity contribution in [1.29, 1.82) is 0 Å². The molecule has 7 nitrogen and oxygen atoms in total. The standard InChI is InChI=1S/C21H17F3N2O5/c22-21(23,24)31-16-7-5-15(6-8-16)30-14-3-1-12(2-4-14)17-9-13(19(28)11-27)10-18(26-17)20(25)29/h1-10,19,27-28H,11H2,(H2,25,29)/t19-/m0/s1. The Balaban J connectivity index is 1.79. The van der Waals surface area contributed by atoms with Crippen molar-refractivity contribution in [3.05, 3.63) is 71.9 Å². The second kappa shape index (κ2) is 9.02. The monoisotopic (exact) mass is 434 g/mol. The van der Waals surface area contributed by atoms with Crippen LogP contribution < -0.4 is 15.2 Å². The van der Waals surface area contributed by atoms with Crippen LogP contribution in [0.5, 0.6) is 17.2 Å². The quantitative estimate of drug-likeness (QED) is 0.524. The molecule has 31 heavy (non-hydrogen) atoms. The largest absolute Gasteiger partial charge is 0.573 e. The van der Waals surface area contributed by atoms with E-state index in [1.165, 1.54) is 24.3 Å². The summed E-state index contributed by atoms with van der Waals surface area (Å²) in [5.41, 5.74) is 6.43. The molecule has 1 aromatic heterocycles. The first-order valence-electron chi connectivity index (χ1n) is 8.89. The summed E-state index contributed by atoms with van der Waals surface area (Å²) in [7, 11) is 0. The molecule has 4 N–H and O–H groups in total. The van der Waals surface area contributed by atoms with E-state index >= 15 is 0 Å². The Morgan fingerprint density at radius 3 is 2.06 bits per heavy atom. The summed E-state index contributed by atoms with van der Waals surface area (Å²) in [5, 5.41) is 19.0. The van der Waals surface area contributed by atoms with Gasteiger partial charge in [-0.15, -0.1) is 13.2 Å². The highest BCUT2D eigenvalue weighted by atomic mass is 19.4. The number of pyridine rings is 1. The average Bonchev–Trinajstić information content (AvgIpc) is 2.73. The van der Waals surface area contributed by atoms with Gasteiger partial charge in [-0.1, -0.05) is 0 Å². The highest BCUT2D eigenvalue weighted by Crippen LogP contribution is 2.29. The summed E-state index contributed by atoms with van der Waals surface area (Å²) in [6, 6.07) is 14.2. The zero-order valence-corrected chi connectivity index (χ0v) is 15.8. The fraction of sp³-hybridized carbons (Fsp3) is 0.143. The van der Waals surface area contributed by atoms with Crippen LogP contribution in [0.1, 0.15) is 22.2 Å². The number of alkyl halides is 3. The maximum Gasteiger partial charge on any atom is 0.573 e. The number of benzene rings is 2. The lowest BCUT2D eigenvalue weighted by Gasteiger charge is -2.12. The predicted octanol–water partition coefficient (Wildman–Crippen LogP) is 3.56. The van der Waals surface area contributed by atoms with E-state index in [1.54, 1.807) is 24.3 Å². The summed E-state index contributed by atoms with van der Waals surface area (Å²) in [5.74, 6) is -0.456. The Morgan fingerprint density at radius 2 is 1.55 bits per heavy atom. The van der Waals surface area contributed by atoms with Gasteiger partial charge in [0.15, 0.2) is 0 Å². The fourth-order valence-electron chi connectivity index (χ4n) is 2.66. The van der Waals surface area contributed by atoms with Crippen molar-refractivity contribution in [3.8, 4) is 28.5 Å². The summed E-state index contributed by atoms with van der Waals surface area (Å²) >= 11 is 0. The molecule has 0 radical (unpaired) electrons. The molecular weight excluding hydrogens is 417 g/mol.